The Labute approximate surface area is 145 Å². The van der Waals surface area contributed by atoms with Crippen molar-refractivity contribution in [1.29, 1.82) is 0 Å². The number of β-amino-alcohol motifs (C(OH)–C–C–N with tert-alkyl or cyclic N) is 1. The lowest BCUT2D eigenvalue weighted by atomic mass is 9.97. The van der Waals surface area contributed by atoms with Gasteiger partial charge in [0.2, 0.25) is 0 Å². The summed E-state index contributed by atoms with van der Waals surface area (Å²) in [5.74, 6) is 0. The molecule has 0 aromatic heterocycles. The number of nitrogens with one attached hydrogen (secondary N) is 2. The Bertz CT molecular complexity index is 503. The number of para-hydroxylation sites is 1. The average Bonchev–Trinajstić information content (AvgIpc) is 2.79. The number of methoxy groups -OCH3 is 1. The van der Waals surface area contributed by atoms with Gasteiger partial charge in [0.25, 0.3) is 0 Å². The van der Waals surface area contributed by atoms with Crippen molar-refractivity contribution in [3.63, 3.8) is 0 Å². The van der Waals surface area contributed by atoms with Crippen LogP contribution in [0.2, 0.25) is 0 Å². The topological polar surface area (TPSA) is 56.8 Å². The van der Waals surface area contributed by atoms with E-state index in [1.807, 2.05) is 0 Å². The van der Waals surface area contributed by atoms with Crippen LogP contribution in [0.3, 0.4) is 0 Å². The van der Waals surface area contributed by atoms with Crippen molar-refractivity contribution in [2.24, 2.45) is 0 Å². The SMILES string of the molecule is COCC(O)CN1CCC(NC2CCCNc3ccccc32)CC1. The molecule has 0 spiro atoms. The van der Waals surface area contributed by atoms with Crippen LogP contribution in [0, 0.1) is 0 Å². The highest BCUT2D eigenvalue weighted by Gasteiger charge is 2.25. The van der Waals surface area contributed by atoms with Crippen LogP contribution in [-0.2, 0) is 4.74 Å². The fourth-order valence-electron chi connectivity index (χ4n) is 3.93. The lowest BCUT2D eigenvalue weighted by Gasteiger charge is -2.35. The summed E-state index contributed by atoms with van der Waals surface area (Å²) in [7, 11) is 1.64. The van der Waals surface area contributed by atoms with Crippen LogP contribution in [0.4, 0.5) is 5.69 Å². The van der Waals surface area contributed by atoms with E-state index in [0.29, 0.717) is 18.7 Å². The van der Waals surface area contributed by atoms with Crippen molar-refractivity contribution in [1.82, 2.24) is 10.2 Å². The number of nitrogens with zero attached hydrogens (tertiary/aromatic N) is 1. The molecule has 3 N–H and O–H groups in total. The molecule has 0 amide bonds. The summed E-state index contributed by atoms with van der Waals surface area (Å²) >= 11 is 0. The summed E-state index contributed by atoms with van der Waals surface area (Å²) in [6, 6.07) is 9.71. The number of fused-ring (bicyclic) bond motifs is 1. The standard InChI is InChI=1S/C19H31N3O2/c1-24-14-16(23)13-22-11-8-15(9-12-22)21-19-7-4-10-20-18-6-3-2-5-17(18)19/h2-3,5-6,15-16,19-21,23H,4,7-14H2,1H3. The average molecular weight is 333 g/mol. The summed E-state index contributed by atoms with van der Waals surface area (Å²) < 4.78 is 5.02. The zero-order chi connectivity index (χ0) is 16.8. The number of hydrogen-bond donors (Lipinski definition) is 3. The quantitative estimate of drug-likeness (QED) is 0.743. The molecule has 2 aliphatic heterocycles. The van der Waals surface area contributed by atoms with Crippen molar-refractivity contribution in [2.45, 2.75) is 43.9 Å². The van der Waals surface area contributed by atoms with Crippen molar-refractivity contribution in [3.8, 4) is 0 Å². The number of likely N-dealkylation sites (tertiary alicyclic amines) is 1. The molecule has 24 heavy (non-hydrogen) atoms. The van der Waals surface area contributed by atoms with E-state index >= 15 is 0 Å². The molecule has 2 unspecified atom stereocenters. The number of ether oxygens (including phenoxy) is 1. The third-order valence-corrected chi connectivity index (χ3v) is 5.17. The number of rotatable bonds is 6. The molecule has 2 heterocycles. The molecule has 1 aromatic rings. The maximum Gasteiger partial charge on any atom is 0.0900 e. The van der Waals surface area contributed by atoms with E-state index in [0.717, 1.165) is 39.0 Å². The number of piperidine rings is 1. The van der Waals surface area contributed by atoms with Gasteiger partial charge in [-0.25, -0.2) is 0 Å². The number of anilines is 1. The van der Waals surface area contributed by atoms with Gasteiger partial charge >= 0.3 is 0 Å². The van der Waals surface area contributed by atoms with Gasteiger partial charge < -0.3 is 25.4 Å². The first-order valence-electron chi connectivity index (χ1n) is 9.24. The van der Waals surface area contributed by atoms with Gasteiger partial charge in [0.05, 0.1) is 12.7 Å². The van der Waals surface area contributed by atoms with Gasteiger partial charge in [-0.05, 0) is 50.4 Å². The second kappa shape index (κ2) is 8.81. The van der Waals surface area contributed by atoms with E-state index in [9.17, 15) is 5.11 Å². The molecule has 5 nitrogen and oxygen atoms in total. The monoisotopic (exact) mass is 333 g/mol. The summed E-state index contributed by atoms with van der Waals surface area (Å²) in [4.78, 5) is 2.35. The molecule has 0 radical (unpaired) electrons. The molecule has 2 aliphatic rings. The van der Waals surface area contributed by atoms with Crippen LogP contribution < -0.4 is 10.6 Å². The zero-order valence-corrected chi connectivity index (χ0v) is 14.7. The third kappa shape index (κ3) is 4.70. The summed E-state index contributed by atoms with van der Waals surface area (Å²) in [6.07, 6.45) is 4.31. The van der Waals surface area contributed by atoms with Crippen LogP contribution in [0.15, 0.2) is 24.3 Å². The van der Waals surface area contributed by atoms with Crippen LogP contribution >= 0.6 is 0 Å². The Balaban J connectivity index is 1.51. The molecule has 0 aliphatic carbocycles. The Morgan fingerprint density at radius 1 is 1.29 bits per heavy atom. The Morgan fingerprint density at radius 3 is 2.88 bits per heavy atom. The normalized spacial score (nSPS) is 24.0. The molecule has 1 saturated heterocycles. The van der Waals surface area contributed by atoms with Gasteiger partial charge in [0.1, 0.15) is 0 Å². The largest absolute Gasteiger partial charge is 0.389 e. The lowest BCUT2D eigenvalue weighted by molar-refractivity contribution is 0.0307. The summed E-state index contributed by atoms with van der Waals surface area (Å²) in [5.41, 5.74) is 2.69. The smallest absolute Gasteiger partial charge is 0.0900 e. The Morgan fingerprint density at radius 2 is 2.08 bits per heavy atom. The van der Waals surface area contributed by atoms with Crippen LogP contribution in [-0.4, -0.2) is 62.0 Å². The van der Waals surface area contributed by atoms with Crippen LogP contribution in [0.25, 0.3) is 0 Å². The van der Waals surface area contributed by atoms with Crippen molar-refractivity contribution in [2.75, 3.05) is 45.2 Å². The highest BCUT2D eigenvalue weighted by molar-refractivity contribution is 5.53. The predicted octanol–water partition coefficient (Wildman–Crippen LogP) is 1.99. The molecular formula is C19H31N3O2. The molecule has 0 saturated carbocycles. The van der Waals surface area contributed by atoms with E-state index in [1.165, 1.54) is 24.1 Å². The van der Waals surface area contributed by atoms with E-state index in [4.69, 9.17) is 4.74 Å². The molecular weight excluding hydrogens is 302 g/mol. The first-order valence-corrected chi connectivity index (χ1v) is 9.24. The zero-order valence-electron chi connectivity index (χ0n) is 14.7. The summed E-state index contributed by atoms with van der Waals surface area (Å²) in [5, 5.41) is 17.3. The fraction of sp³-hybridized carbons (Fsp3) is 0.684. The summed E-state index contributed by atoms with van der Waals surface area (Å²) in [6.45, 7) is 4.29. The highest BCUT2D eigenvalue weighted by Crippen LogP contribution is 2.30. The van der Waals surface area contributed by atoms with Gasteiger partial charge in [0.15, 0.2) is 0 Å². The van der Waals surface area contributed by atoms with Crippen molar-refractivity contribution in [3.05, 3.63) is 29.8 Å². The van der Waals surface area contributed by atoms with E-state index < -0.39 is 0 Å². The highest BCUT2D eigenvalue weighted by atomic mass is 16.5. The molecule has 1 fully saturated rings. The number of hydrogen-bond acceptors (Lipinski definition) is 5. The fourth-order valence-corrected chi connectivity index (χ4v) is 3.93. The molecule has 1 aromatic carbocycles. The van der Waals surface area contributed by atoms with Gasteiger partial charge in [-0.1, -0.05) is 18.2 Å². The Hall–Kier alpha value is -1.14. The van der Waals surface area contributed by atoms with Crippen molar-refractivity contribution >= 4 is 5.69 Å². The molecule has 3 rings (SSSR count). The number of benzene rings is 1. The minimum Gasteiger partial charge on any atom is -0.389 e. The second-order valence-corrected chi connectivity index (χ2v) is 7.06. The second-order valence-electron chi connectivity index (χ2n) is 7.06. The predicted molar refractivity (Wildman–Crippen MR) is 97.4 cm³/mol. The lowest BCUT2D eigenvalue weighted by Crippen LogP contribution is -2.46. The first kappa shape index (κ1) is 17.7. The molecule has 5 heteroatoms. The number of aliphatic hydroxyl groups excluding tert-OH is 1. The molecule has 0 bridgehead atoms. The van der Waals surface area contributed by atoms with Crippen molar-refractivity contribution < 1.29 is 9.84 Å². The van der Waals surface area contributed by atoms with E-state index in [-0.39, 0.29) is 6.10 Å². The molecule has 2 atom stereocenters. The van der Waals surface area contributed by atoms with Crippen LogP contribution in [0.5, 0.6) is 0 Å². The Kier molecular flexibility index (Phi) is 6.49. The van der Waals surface area contributed by atoms with Gasteiger partial charge in [-0.3, -0.25) is 0 Å². The molecule has 134 valence electrons. The van der Waals surface area contributed by atoms with Gasteiger partial charge in [0, 0.05) is 38.0 Å². The minimum absolute atomic E-state index is 0.376. The maximum atomic E-state index is 9.88. The van der Waals surface area contributed by atoms with Gasteiger partial charge in [-0.2, -0.15) is 0 Å². The first-order chi connectivity index (χ1) is 11.8. The number of aliphatic hydroxyl groups is 1. The van der Waals surface area contributed by atoms with Gasteiger partial charge in [-0.15, -0.1) is 0 Å². The minimum atomic E-state index is -0.376. The maximum absolute atomic E-state index is 9.88. The van der Waals surface area contributed by atoms with E-state index in [2.05, 4.69) is 39.8 Å². The third-order valence-electron chi connectivity index (χ3n) is 5.17. The van der Waals surface area contributed by atoms with E-state index in [1.54, 1.807) is 7.11 Å². The van der Waals surface area contributed by atoms with Crippen LogP contribution in [0.1, 0.15) is 37.3 Å².